The number of rotatable bonds is 2. The molecule has 2 aromatic carbocycles. The summed E-state index contributed by atoms with van der Waals surface area (Å²) >= 11 is 0. The van der Waals surface area contributed by atoms with Gasteiger partial charge in [0.2, 0.25) is 5.78 Å². The highest BCUT2D eigenvalue weighted by atomic mass is 16.2. The molecule has 0 unspecified atom stereocenters. The highest BCUT2D eigenvalue weighted by molar-refractivity contribution is 5.98. The quantitative estimate of drug-likeness (QED) is 0.798. The van der Waals surface area contributed by atoms with Crippen LogP contribution in [0.3, 0.4) is 0 Å². The Balaban J connectivity index is 1.56. The number of piperidine rings is 1. The zero-order chi connectivity index (χ0) is 16.8. The molecule has 0 N–H and O–H groups in total. The second-order valence-electron chi connectivity index (χ2n) is 5.91. The molecule has 0 spiro atoms. The molecule has 0 aliphatic carbocycles. The number of carbonyl (C=O) groups is 2. The number of carbonyl (C=O) groups excluding carboxylic acids is 2. The topological polar surface area (TPSA) is 37.4 Å². The second kappa shape index (κ2) is 7.61. The van der Waals surface area contributed by atoms with Crippen molar-refractivity contribution in [2.75, 3.05) is 13.1 Å². The van der Waals surface area contributed by atoms with E-state index in [9.17, 15) is 9.59 Å². The van der Waals surface area contributed by atoms with E-state index in [0.29, 0.717) is 31.5 Å². The zero-order valence-corrected chi connectivity index (χ0v) is 13.4. The highest BCUT2D eigenvalue weighted by Crippen LogP contribution is 2.19. The average Bonchev–Trinajstić information content (AvgIpc) is 2.67. The maximum Gasteiger partial charge on any atom is 0.253 e. The Morgan fingerprint density at radius 1 is 0.875 bits per heavy atom. The molecular formula is C21H19NO2. The molecule has 3 heteroatoms. The normalized spacial score (nSPS) is 14.6. The van der Waals surface area contributed by atoms with E-state index in [0.717, 1.165) is 5.56 Å². The first-order valence-electron chi connectivity index (χ1n) is 8.19. The fraction of sp³-hybridized carbons (Fsp3) is 0.238. The highest BCUT2D eigenvalue weighted by Gasteiger charge is 2.26. The molecule has 0 aromatic heterocycles. The number of nitrogens with zero attached hydrogens (tertiary/aromatic N) is 1. The van der Waals surface area contributed by atoms with Crippen molar-refractivity contribution in [3.8, 4) is 11.8 Å². The first-order chi connectivity index (χ1) is 11.7. The number of ketones is 1. The van der Waals surface area contributed by atoms with Crippen LogP contribution in [0.5, 0.6) is 0 Å². The molecule has 1 aliphatic rings. The van der Waals surface area contributed by atoms with Gasteiger partial charge in [0.15, 0.2) is 0 Å². The molecule has 1 aliphatic heterocycles. The van der Waals surface area contributed by atoms with Gasteiger partial charge in [-0.25, -0.2) is 0 Å². The van der Waals surface area contributed by atoms with Crippen molar-refractivity contribution >= 4 is 11.7 Å². The lowest BCUT2D eigenvalue weighted by molar-refractivity contribution is -0.118. The summed E-state index contributed by atoms with van der Waals surface area (Å²) in [6, 6.07) is 18.8. The SMILES string of the molecule is O=C(C#Cc1ccccc1)C1CCN(C(=O)c2ccccc2)CC1. The Hall–Kier alpha value is -2.86. The van der Waals surface area contributed by atoms with Gasteiger partial charge in [-0.05, 0) is 43.0 Å². The number of hydrogen-bond donors (Lipinski definition) is 0. The van der Waals surface area contributed by atoms with Crippen LogP contribution < -0.4 is 0 Å². The number of hydrogen-bond acceptors (Lipinski definition) is 2. The molecule has 0 atom stereocenters. The fourth-order valence-corrected chi connectivity index (χ4v) is 2.87. The lowest BCUT2D eigenvalue weighted by Crippen LogP contribution is -2.40. The van der Waals surface area contributed by atoms with Gasteiger partial charge in [-0.2, -0.15) is 0 Å². The predicted molar refractivity (Wildman–Crippen MR) is 93.4 cm³/mol. The fourth-order valence-electron chi connectivity index (χ4n) is 2.87. The lowest BCUT2D eigenvalue weighted by atomic mass is 9.92. The van der Waals surface area contributed by atoms with Crippen LogP contribution in [-0.4, -0.2) is 29.7 Å². The van der Waals surface area contributed by atoms with Gasteiger partial charge >= 0.3 is 0 Å². The van der Waals surface area contributed by atoms with E-state index in [1.807, 2.05) is 65.6 Å². The van der Waals surface area contributed by atoms with Gasteiger partial charge in [0.25, 0.3) is 5.91 Å². The third-order valence-electron chi connectivity index (χ3n) is 4.28. The molecular weight excluding hydrogens is 298 g/mol. The first-order valence-corrected chi connectivity index (χ1v) is 8.19. The largest absolute Gasteiger partial charge is 0.339 e. The minimum Gasteiger partial charge on any atom is -0.339 e. The van der Waals surface area contributed by atoms with Crippen molar-refractivity contribution in [1.82, 2.24) is 4.90 Å². The molecule has 24 heavy (non-hydrogen) atoms. The smallest absolute Gasteiger partial charge is 0.253 e. The summed E-state index contributed by atoms with van der Waals surface area (Å²) in [6.07, 6.45) is 1.36. The summed E-state index contributed by atoms with van der Waals surface area (Å²) in [6.45, 7) is 1.22. The summed E-state index contributed by atoms with van der Waals surface area (Å²) in [7, 11) is 0. The molecule has 0 radical (unpaired) electrons. The van der Waals surface area contributed by atoms with E-state index in [-0.39, 0.29) is 17.6 Å². The minimum absolute atomic E-state index is 0.0225. The Bertz CT molecular complexity index is 764. The van der Waals surface area contributed by atoms with Crippen molar-refractivity contribution in [2.45, 2.75) is 12.8 Å². The van der Waals surface area contributed by atoms with Gasteiger partial charge in [0.1, 0.15) is 0 Å². The van der Waals surface area contributed by atoms with E-state index in [1.54, 1.807) is 0 Å². The summed E-state index contributed by atoms with van der Waals surface area (Å²) in [5.41, 5.74) is 1.55. The molecule has 0 saturated carbocycles. The third kappa shape index (κ3) is 3.91. The third-order valence-corrected chi connectivity index (χ3v) is 4.28. The molecule has 2 aromatic rings. The summed E-state index contributed by atoms with van der Waals surface area (Å²) in [5, 5.41) is 0. The van der Waals surface area contributed by atoms with Crippen LogP contribution in [0, 0.1) is 17.8 Å². The van der Waals surface area contributed by atoms with Crippen molar-refractivity contribution in [3.05, 3.63) is 71.8 Å². The van der Waals surface area contributed by atoms with Gasteiger partial charge in [-0.1, -0.05) is 42.3 Å². The molecule has 3 rings (SSSR count). The van der Waals surface area contributed by atoms with Gasteiger partial charge in [0.05, 0.1) is 0 Å². The summed E-state index contributed by atoms with van der Waals surface area (Å²) in [4.78, 5) is 26.5. The van der Waals surface area contributed by atoms with Crippen LogP contribution in [0.15, 0.2) is 60.7 Å². The van der Waals surface area contributed by atoms with Crippen molar-refractivity contribution in [2.24, 2.45) is 5.92 Å². The number of amides is 1. The van der Waals surface area contributed by atoms with Gasteiger partial charge in [-0.3, -0.25) is 9.59 Å². The molecule has 0 bridgehead atoms. The Morgan fingerprint density at radius 2 is 1.46 bits per heavy atom. The summed E-state index contributed by atoms with van der Waals surface area (Å²) in [5.74, 6) is 5.62. The van der Waals surface area contributed by atoms with Crippen molar-refractivity contribution in [1.29, 1.82) is 0 Å². The predicted octanol–water partition coefficient (Wildman–Crippen LogP) is 3.16. The first kappa shape index (κ1) is 16.0. The zero-order valence-electron chi connectivity index (χ0n) is 13.4. The Morgan fingerprint density at radius 3 is 2.08 bits per heavy atom. The maximum atomic E-state index is 12.4. The number of likely N-dealkylation sites (tertiary alicyclic amines) is 1. The van der Waals surface area contributed by atoms with E-state index in [4.69, 9.17) is 0 Å². The second-order valence-corrected chi connectivity index (χ2v) is 5.91. The number of Topliss-reactive ketones (excluding diaryl/α,β-unsaturated/α-hetero) is 1. The number of benzene rings is 2. The van der Waals surface area contributed by atoms with Crippen LogP contribution in [0.4, 0.5) is 0 Å². The van der Waals surface area contributed by atoms with Gasteiger partial charge in [0, 0.05) is 30.1 Å². The van der Waals surface area contributed by atoms with E-state index in [2.05, 4.69) is 11.8 Å². The van der Waals surface area contributed by atoms with Crippen LogP contribution in [0.1, 0.15) is 28.8 Å². The van der Waals surface area contributed by atoms with E-state index in [1.165, 1.54) is 0 Å². The van der Waals surface area contributed by atoms with Gasteiger partial charge in [-0.15, -0.1) is 0 Å². The van der Waals surface area contributed by atoms with Crippen LogP contribution in [0.2, 0.25) is 0 Å². The molecule has 1 fully saturated rings. The Labute approximate surface area is 142 Å². The average molecular weight is 317 g/mol. The van der Waals surface area contributed by atoms with Crippen molar-refractivity contribution in [3.63, 3.8) is 0 Å². The molecule has 1 heterocycles. The summed E-state index contributed by atoms with van der Waals surface area (Å²) < 4.78 is 0. The van der Waals surface area contributed by atoms with E-state index < -0.39 is 0 Å². The molecule has 3 nitrogen and oxygen atoms in total. The maximum absolute atomic E-state index is 12.4. The monoisotopic (exact) mass is 317 g/mol. The van der Waals surface area contributed by atoms with Crippen LogP contribution in [0.25, 0.3) is 0 Å². The minimum atomic E-state index is -0.0685. The lowest BCUT2D eigenvalue weighted by Gasteiger charge is -2.30. The van der Waals surface area contributed by atoms with Crippen molar-refractivity contribution < 1.29 is 9.59 Å². The van der Waals surface area contributed by atoms with Gasteiger partial charge < -0.3 is 4.90 Å². The molecule has 120 valence electrons. The molecule has 1 saturated heterocycles. The Kier molecular flexibility index (Phi) is 5.08. The van der Waals surface area contributed by atoms with E-state index >= 15 is 0 Å². The van der Waals surface area contributed by atoms with Crippen LogP contribution >= 0.6 is 0 Å². The standard InChI is InChI=1S/C21H19NO2/c23-20(12-11-17-7-3-1-4-8-17)18-13-15-22(16-14-18)21(24)19-9-5-2-6-10-19/h1-10,18H,13-16H2. The van der Waals surface area contributed by atoms with Crippen LogP contribution in [-0.2, 0) is 4.79 Å². The molecule has 1 amide bonds.